The summed E-state index contributed by atoms with van der Waals surface area (Å²) in [6.45, 7) is 0.621. The van der Waals surface area contributed by atoms with Crippen molar-refractivity contribution in [3.8, 4) is 11.4 Å². The highest BCUT2D eigenvalue weighted by atomic mass is 16.2. The minimum atomic E-state index is -0.336. The van der Waals surface area contributed by atoms with Gasteiger partial charge in [0.2, 0.25) is 0 Å². The third-order valence-corrected chi connectivity index (χ3v) is 4.03. The van der Waals surface area contributed by atoms with Crippen LogP contribution in [-0.2, 0) is 13.6 Å². The molecule has 140 valence electrons. The predicted molar refractivity (Wildman–Crippen MR) is 102 cm³/mol. The number of hydrogen-bond donors (Lipinski definition) is 2. The maximum atomic E-state index is 12.3. The topological polar surface area (TPSA) is 115 Å². The Morgan fingerprint density at radius 1 is 1.04 bits per heavy atom. The fraction of sp³-hybridized carbons (Fsp3) is 0.111. The van der Waals surface area contributed by atoms with Crippen molar-refractivity contribution in [1.29, 1.82) is 0 Å². The van der Waals surface area contributed by atoms with Gasteiger partial charge in [-0.05, 0) is 40.3 Å². The first-order valence-electron chi connectivity index (χ1n) is 8.51. The van der Waals surface area contributed by atoms with Crippen LogP contribution >= 0.6 is 0 Å². The summed E-state index contributed by atoms with van der Waals surface area (Å²) in [7, 11) is 1.76. The Labute approximate surface area is 160 Å². The molecule has 0 saturated heterocycles. The Bertz CT molecular complexity index is 1070. The zero-order chi connectivity index (χ0) is 19.3. The third-order valence-electron chi connectivity index (χ3n) is 4.03. The van der Waals surface area contributed by atoms with E-state index in [4.69, 9.17) is 0 Å². The number of carbonyl (C=O) groups is 1. The van der Waals surface area contributed by atoms with Gasteiger partial charge in [-0.2, -0.15) is 0 Å². The number of benzene rings is 2. The van der Waals surface area contributed by atoms with Crippen LogP contribution in [0.1, 0.15) is 5.56 Å². The molecule has 0 aliphatic heterocycles. The number of rotatable bonds is 5. The summed E-state index contributed by atoms with van der Waals surface area (Å²) in [6, 6.07) is 14.5. The number of carbonyl (C=O) groups excluding carboxylic acids is 1. The molecule has 0 unspecified atom stereocenters. The van der Waals surface area contributed by atoms with Crippen molar-refractivity contribution in [2.24, 2.45) is 7.05 Å². The van der Waals surface area contributed by atoms with E-state index in [9.17, 15) is 4.79 Å². The highest BCUT2D eigenvalue weighted by molar-refractivity contribution is 6.00. The zero-order valence-corrected chi connectivity index (χ0v) is 15.0. The van der Waals surface area contributed by atoms with Gasteiger partial charge in [0.05, 0.1) is 12.7 Å². The monoisotopic (exact) mass is 375 g/mol. The van der Waals surface area contributed by atoms with Gasteiger partial charge < -0.3 is 10.6 Å². The molecule has 0 bridgehead atoms. The molecule has 2 aromatic carbocycles. The van der Waals surface area contributed by atoms with Crippen molar-refractivity contribution in [3.05, 3.63) is 66.5 Å². The Balaban J connectivity index is 1.38. The van der Waals surface area contributed by atoms with E-state index in [0.717, 1.165) is 11.1 Å². The summed E-state index contributed by atoms with van der Waals surface area (Å²) < 4.78 is 3.30. The molecular formula is C18H17N9O. The molecule has 0 saturated carbocycles. The van der Waals surface area contributed by atoms with E-state index in [-0.39, 0.29) is 6.03 Å². The molecule has 0 atom stereocenters. The first-order chi connectivity index (χ1) is 13.7. The van der Waals surface area contributed by atoms with Gasteiger partial charge in [-0.3, -0.25) is 0 Å². The highest BCUT2D eigenvalue weighted by Crippen LogP contribution is 2.20. The Hall–Kier alpha value is -4.08. The molecule has 10 heteroatoms. The summed E-state index contributed by atoms with van der Waals surface area (Å²) in [5.74, 6) is 0.618. The molecule has 28 heavy (non-hydrogen) atoms. The van der Waals surface area contributed by atoms with Crippen molar-refractivity contribution in [1.82, 2.24) is 35.2 Å². The number of nitrogens with zero attached hydrogens (tertiary/aromatic N) is 7. The molecule has 0 fully saturated rings. The SMILES string of the molecule is Cn1nnnc1-c1cccc(NC(=O)Nc2ccc(Cn3ccnn3)cc2)c1. The van der Waals surface area contributed by atoms with E-state index in [2.05, 4.69) is 36.5 Å². The van der Waals surface area contributed by atoms with E-state index < -0.39 is 0 Å². The molecule has 2 N–H and O–H groups in total. The second-order valence-corrected chi connectivity index (χ2v) is 6.08. The van der Waals surface area contributed by atoms with E-state index in [1.807, 2.05) is 42.5 Å². The van der Waals surface area contributed by atoms with Crippen LogP contribution in [0.15, 0.2) is 60.9 Å². The molecule has 0 radical (unpaired) electrons. The number of urea groups is 1. The first-order valence-corrected chi connectivity index (χ1v) is 8.51. The van der Waals surface area contributed by atoms with Crippen LogP contribution in [0.5, 0.6) is 0 Å². The number of nitrogens with one attached hydrogen (secondary N) is 2. The fourth-order valence-electron chi connectivity index (χ4n) is 2.70. The van der Waals surface area contributed by atoms with Crippen LogP contribution in [-0.4, -0.2) is 41.2 Å². The lowest BCUT2D eigenvalue weighted by atomic mass is 10.2. The van der Waals surface area contributed by atoms with Crippen molar-refractivity contribution in [2.45, 2.75) is 6.54 Å². The molecular weight excluding hydrogens is 358 g/mol. The largest absolute Gasteiger partial charge is 0.323 e. The van der Waals surface area contributed by atoms with Crippen LogP contribution in [0, 0.1) is 0 Å². The molecule has 2 aromatic heterocycles. The van der Waals surface area contributed by atoms with Crippen molar-refractivity contribution in [2.75, 3.05) is 10.6 Å². The molecule has 10 nitrogen and oxygen atoms in total. The standard InChI is InChI=1S/C18H17N9O/c1-26-17(22-23-25-26)14-3-2-4-16(11-14)21-18(28)20-15-7-5-13(6-8-15)12-27-10-9-19-24-27/h2-11H,12H2,1H3,(H2,20,21,28). The molecule has 4 aromatic rings. The lowest BCUT2D eigenvalue weighted by molar-refractivity contribution is 0.262. The molecule has 0 aliphatic carbocycles. The minimum absolute atomic E-state index is 0.336. The maximum Gasteiger partial charge on any atom is 0.323 e. The molecule has 0 spiro atoms. The number of hydrogen-bond acceptors (Lipinski definition) is 6. The predicted octanol–water partition coefficient (Wildman–Crippen LogP) is 2.16. The van der Waals surface area contributed by atoms with Crippen LogP contribution in [0.4, 0.5) is 16.2 Å². The Kier molecular flexibility index (Phi) is 4.74. The summed E-state index contributed by atoms with van der Waals surface area (Å²) in [4.78, 5) is 12.3. The van der Waals surface area contributed by atoms with Gasteiger partial charge in [0.25, 0.3) is 0 Å². The van der Waals surface area contributed by atoms with Gasteiger partial charge in [-0.15, -0.1) is 10.2 Å². The van der Waals surface area contributed by atoms with E-state index in [0.29, 0.717) is 23.7 Å². The summed E-state index contributed by atoms with van der Waals surface area (Å²) in [5, 5.41) is 24.8. The van der Waals surface area contributed by atoms with Crippen molar-refractivity contribution >= 4 is 17.4 Å². The molecule has 0 aliphatic rings. The Morgan fingerprint density at radius 3 is 2.57 bits per heavy atom. The smallest absolute Gasteiger partial charge is 0.308 e. The lowest BCUT2D eigenvalue weighted by Crippen LogP contribution is -2.19. The Morgan fingerprint density at radius 2 is 1.86 bits per heavy atom. The average Bonchev–Trinajstić information content (AvgIpc) is 3.35. The average molecular weight is 375 g/mol. The normalized spacial score (nSPS) is 10.6. The maximum absolute atomic E-state index is 12.3. The van der Waals surface area contributed by atoms with Gasteiger partial charge in [-0.25, -0.2) is 14.2 Å². The van der Waals surface area contributed by atoms with Gasteiger partial charge >= 0.3 is 6.03 Å². The first kappa shape index (κ1) is 17.3. The third kappa shape index (κ3) is 4.01. The van der Waals surface area contributed by atoms with Crippen LogP contribution in [0.3, 0.4) is 0 Å². The number of aromatic nitrogens is 7. The second kappa shape index (κ2) is 7.66. The summed E-state index contributed by atoms with van der Waals surface area (Å²) >= 11 is 0. The van der Waals surface area contributed by atoms with Crippen LogP contribution in [0.2, 0.25) is 0 Å². The highest BCUT2D eigenvalue weighted by Gasteiger charge is 2.08. The molecule has 2 heterocycles. The summed E-state index contributed by atoms with van der Waals surface area (Å²) in [5.41, 5.74) is 3.19. The van der Waals surface area contributed by atoms with Gasteiger partial charge in [0.15, 0.2) is 5.82 Å². The van der Waals surface area contributed by atoms with Gasteiger partial charge in [0.1, 0.15) is 0 Å². The molecule has 4 rings (SSSR count). The van der Waals surface area contributed by atoms with Gasteiger partial charge in [0, 0.05) is 30.2 Å². The number of aryl methyl sites for hydroxylation is 1. The van der Waals surface area contributed by atoms with Gasteiger partial charge in [-0.1, -0.05) is 29.5 Å². The number of tetrazole rings is 1. The van der Waals surface area contributed by atoms with E-state index in [1.54, 1.807) is 34.9 Å². The number of amides is 2. The lowest BCUT2D eigenvalue weighted by Gasteiger charge is -2.09. The molecule has 2 amide bonds. The van der Waals surface area contributed by atoms with Crippen LogP contribution < -0.4 is 10.6 Å². The number of anilines is 2. The van der Waals surface area contributed by atoms with Crippen LogP contribution in [0.25, 0.3) is 11.4 Å². The van der Waals surface area contributed by atoms with E-state index >= 15 is 0 Å². The second-order valence-electron chi connectivity index (χ2n) is 6.08. The van der Waals surface area contributed by atoms with Crippen molar-refractivity contribution < 1.29 is 4.79 Å². The quantitative estimate of drug-likeness (QED) is 0.552. The summed E-state index contributed by atoms with van der Waals surface area (Å²) in [6.07, 6.45) is 3.43. The van der Waals surface area contributed by atoms with Crippen molar-refractivity contribution in [3.63, 3.8) is 0 Å². The zero-order valence-electron chi connectivity index (χ0n) is 15.0. The van der Waals surface area contributed by atoms with E-state index in [1.165, 1.54) is 0 Å². The minimum Gasteiger partial charge on any atom is -0.308 e. The fourth-order valence-corrected chi connectivity index (χ4v) is 2.70.